The Bertz CT molecular complexity index is 921. The second-order valence-corrected chi connectivity index (χ2v) is 8.44. The Hall–Kier alpha value is -2.47. The Morgan fingerprint density at radius 1 is 1.04 bits per heavy atom. The fourth-order valence-electron chi connectivity index (χ4n) is 4.52. The summed E-state index contributed by atoms with van der Waals surface area (Å²) >= 11 is 5.81. The van der Waals surface area contributed by atoms with Crippen molar-refractivity contribution in [3.8, 4) is 0 Å². The summed E-state index contributed by atoms with van der Waals surface area (Å²) in [5, 5.41) is 5.95. The van der Waals surface area contributed by atoms with Crippen molar-refractivity contribution in [2.75, 3.05) is 5.32 Å². The van der Waals surface area contributed by atoms with Gasteiger partial charge in [0.25, 0.3) is 5.91 Å². The molecule has 0 aromatic heterocycles. The lowest BCUT2D eigenvalue weighted by Gasteiger charge is -2.72. The Labute approximate surface area is 166 Å². The number of halogens is 3. The molecule has 3 fully saturated rings. The molecule has 2 aromatic carbocycles. The van der Waals surface area contributed by atoms with E-state index in [-0.39, 0.29) is 45.1 Å². The first-order chi connectivity index (χ1) is 13.2. The van der Waals surface area contributed by atoms with E-state index in [4.69, 9.17) is 11.6 Å². The SMILES string of the molecule is CC(C(=O)Nc1ccc(F)cc1)C12CC(NC(=O)c3cc(F)cc(Cl)c3)(C1)C2. The van der Waals surface area contributed by atoms with E-state index < -0.39 is 5.82 Å². The lowest BCUT2D eigenvalue weighted by Crippen LogP contribution is -2.77. The van der Waals surface area contributed by atoms with Crippen molar-refractivity contribution >= 4 is 29.1 Å². The molecule has 5 rings (SSSR count). The molecule has 1 unspecified atom stereocenters. The first-order valence-corrected chi connectivity index (χ1v) is 9.43. The second-order valence-electron chi connectivity index (χ2n) is 8.00. The van der Waals surface area contributed by atoms with E-state index >= 15 is 0 Å². The fraction of sp³-hybridized carbons (Fsp3) is 0.333. The largest absolute Gasteiger partial charge is 0.347 e. The molecule has 2 bridgehead atoms. The van der Waals surface area contributed by atoms with Crippen LogP contribution < -0.4 is 10.6 Å². The first-order valence-electron chi connectivity index (χ1n) is 9.05. The van der Waals surface area contributed by atoms with E-state index in [1.54, 1.807) is 0 Å². The molecule has 2 amide bonds. The van der Waals surface area contributed by atoms with Gasteiger partial charge < -0.3 is 10.6 Å². The van der Waals surface area contributed by atoms with Gasteiger partial charge in [-0.2, -0.15) is 0 Å². The van der Waals surface area contributed by atoms with E-state index in [1.165, 1.54) is 30.3 Å². The van der Waals surface area contributed by atoms with Gasteiger partial charge in [0.1, 0.15) is 11.6 Å². The van der Waals surface area contributed by atoms with E-state index in [2.05, 4.69) is 10.6 Å². The van der Waals surface area contributed by atoms with Crippen molar-refractivity contribution in [1.29, 1.82) is 0 Å². The van der Waals surface area contributed by atoms with Crippen molar-refractivity contribution in [2.24, 2.45) is 11.3 Å². The molecule has 3 saturated carbocycles. The third kappa shape index (κ3) is 3.26. The summed E-state index contributed by atoms with van der Waals surface area (Å²) in [5.41, 5.74) is 0.263. The molecule has 3 aliphatic carbocycles. The van der Waals surface area contributed by atoms with Crippen molar-refractivity contribution < 1.29 is 18.4 Å². The number of rotatable bonds is 5. The van der Waals surface area contributed by atoms with Crippen LogP contribution in [0.25, 0.3) is 0 Å². The molecule has 3 aliphatic rings. The van der Waals surface area contributed by atoms with E-state index in [0.717, 1.165) is 12.1 Å². The van der Waals surface area contributed by atoms with Crippen LogP contribution in [0.5, 0.6) is 0 Å². The molecule has 0 saturated heterocycles. The highest BCUT2D eigenvalue weighted by molar-refractivity contribution is 6.31. The summed E-state index contributed by atoms with van der Waals surface area (Å²) < 4.78 is 26.4. The van der Waals surface area contributed by atoms with Gasteiger partial charge in [0, 0.05) is 27.7 Å². The number of nitrogens with one attached hydrogen (secondary N) is 2. The molecule has 0 heterocycles. The van der Waals surface area contributed by atoms with Crippen LogP contribution in [-0.4, -0.2) is 17.4 Å². The lowest BCUT2D eigenvalue weighted by atomic mass is 9.36. The van der Waals surface area contributed by atoms with Gasteiger partial charge in [0.2, 0.25) is 5.91 Å². The summed E-state index contributed by atoms with van der Waals surface area (Å²) in [6, 6.07) is 9.37. The van der Waals surface area contributed by atoms with Crippen LogP contribution in [0.3, 0.4) is 0 Å². The van der Waals surface area contributed by atoms with E-state index in [9.17, 15) is 18.4 Å². The zero-order valence-electron chi connectivity index (χ0n) is 15.2. The van der Waals surface area contributed by atoms with Gasteiger partial charge in [-0.15, -0.1) is 0 Å². The number of amides is 2. The molecule has 146 valence electrons. The maximum atomic E-state index is 13.5. The summed E-state index contributed by atoms with van der Waals surface area (Å²) in [7, 11) is 0. The minimum atomic E-state index is -0.558. The normalized spacial score (nSPS) is 25.9. The number of benzene rings is 2. The number of hydrogen-bond donors (Lipinski definition) is 2. The third-order valence-electron chi connectivity index (χ3n) is 6.00. The van der Waals surface area contributed by atoms with Crippen LogP contribution in [0.2, 0.25) is 5.02 Å². The third-order valence-corrected chi connectivity index (χ3v) is 6.22. The second kappa shape index (κ2) is 6.55. The number of hydrogen-bond acceptors (Lipinski definition) is 2. The molecule has 1 atom stereocenters. The fourth-order valence-corrected chi connectivity index (χ4v) is 4.74. The van der Waals surface area contributed by atoms with Gasteiger partial charge in [-0.05, 0) is 67.1 Å². The molecule has 28 heavy (non-hydrogen) atoms. The Kier molecular flexibility index (Phi) is 4.42. The average molecular weight is 405 g/mol. The highest BCUT2D eigenvalue weighted by Crippen LogP contribution is 2.70. The van der Waals surface area contributed by atoms with Crippen LogP contribution >= 0.6 is 11.6 Å². The molecule has 7 heteroatoms. The van der Waals surface area contributed by atoms with Crippen LogP contribution in [0.15, 0.2) is 42.5 Å². The van der Waals surface area contributed by atoms with Crippen LogP contribution in [0.4, 0.5) is 14.5 Å². The Balaban J connectivity index is 1.34. The highest BCUT2D eigenvalue weighted by atomic mass is 35.5. The van der Waals surface area contributed by atoms with Crippen LogP contribution in [0, 0.1) is 23.0 Å². The van der Waals surface area contributed by atoms with Gasteiger partial charge in [-0.1, -0.05) is 18.5 Å². The van der Waals surface area contributed by atoms with Crippen molar-refractivity contribution in [3.05, 3.63) is 64.7 Å². The maximum Gasteiger partial charge on any atom is 0.251 e. The average Bonchev–Trinajstić information content (AvgIpc) is 2.57. The quantitative estimate of drug-likeness (QED) is 0.768. The van der Waals surface area contributed by atoms with Gasteiger partial charge in [-0.3, -0.25) is 9.59 Å². The summed E-state index contributed by atoms with van der Waals surface area (Å²) in [4.78, 5) is 24.9. The molecule has 0 radical (unpaired) electrons. The predicted molar refractivity (Wildman–Crippen MR) is 102 cm³/mol. The molecule has 0 spiro atoms. The number of carbonyl (C=O) groups is 2. The molecule has 4 nitrogen and oxygen atoms in total. The monoisotopic (exact) mass is 404 g/mol. The minimum absolute atomic E-state index is 0.122. The smallest absolute Gasteiger partial charge is 0.251 e. The van der Waals surface area contributed by atoms with E-state index in [1.807, 2.05) is 6.92 Å². The number of anilines is 1. The highest BCUT2D eigenvalue weighted by Gasteiger charge is 2.71. The van der Waals surface area contributed by atoms with Crippen molar-refractivity contribution in [2.45, 2.75) is 31.7 Å². The van der Waals surface area contributed by atoms with Gasteiger partial charge in [0.05, 0.1) is 0 Å². The maximum absolute atomic E-state index is 13.5. The molecule has 2 N–H and O–H groups in total. The van der Waals surface area contributed by atoms with Crippen molar-refractivity contribution in [1.82, 2.24) is 5.32 Å². The minimum Gasteiger partial charge on any atom is -0.347 e. The Morgan fingerprint density at radius 3 is 2.29 bits per heavy atom. The van der Waals surface area contributed by atoms with Gasteiger partial charge in [0.15, 0.2) is 0 Å². The predicted octanol–water partition coefficient (Wildman–Crippen LogP) is 4.55. The van der Waals surface area contributed by atoms with Crippen molar-refractivity contribution in [3.63, 3.8) is 0 Å². The molecular formula is C21H19ClF2N2O2. The van der Waals surface area contributed by atoms with Gasteiger partial charge in [-0.25, -0.2) is 8.78 Å². The molecule has 2 aromatic rings. The lowest BCUT2D eigenvalue weighted by molar-refractivity contribution is -0.184. The van der Waals surface area contributed by atoms with Crippen LogP contribution in [-0.2, 0) is 4.79 Å². The number of carbonyl (C=O) groups excluding carboxylic acids is 2. The van der Waals surface area contributed by atoms with Gasteiger partial charge >= 0.3 is 0 Å². The summed E-state index contributed by atoms with van der Waals surface area (Å²) in [6.45, 7) is 1.87. The summed E-state index contributed by atoms with van der Waals surface area (Å²) in [5.74, 6) is -1.64. The Morgan fingerprint density at radius 2 is 1.68 bits per heavy atom. The molecular weight excluding hydrogens is 386 g/mol. The van der Waals surface area contributed by atoms with E-state index in [0.29, 0.717) is 24.9 Å². The topological polar surface area (TPSA) is 58.2 Å². The zero-order chi connectivity index (χ0) is 20.1. The summed E-state index contributed by atoms with van der Waals surface area (Å²) in [6.07, 6.45) is 2.10. The standard InChI is InChI=1S/C21H19ClF2N2O2/c1-12(18(27)25-17-4-2-15(23)3-5-17)20-9-21(10-20,11-20)26-19(28)13-6-14(22)8-16(24)7-13/h2-8,12H,9-11H2,1H3,(H,25,27)(H,26,28). The first kappa shape index (κ1) is 18.9. The zero-order valence-corrected chi connectivity index (χ0v) is 15.9. The molecule has 0 aliphatic heterocycles. The van der Waals surface area contributed by atoms with Crippen LogP contribution in [0.1, 0.15) is 36.5 Å².